The zero-order chi connectivity index (χ0) is 16.5. The minimum Gasteiger partial charge on any atom is -0.434 e. The second kappa shape index (κ2) is 5.85. The fourth-order valence-electron chi connectivity index (χ4n) is 3.15. The predicted octanol–water partition coefficient (Wildman–Crippen LogP) is 5.68. The number of carbonyl (C=O) groups excluding carboxylic acids is 1. The summed E-state index contributed by atoms with van der Waals surface area (Å²) in [4.78, 5) is 11.7. The summed E-state index contributed by atoms with van der Waals surface area (Å²) in [6.07, 6.45) is -0.677. The van der Waals surface area contributed by atoms with Crippen molar-refractivity contribution >= 4 is 38.5 Å². The van der Waals surface area contributed by atoms with Crippen LogP contribution in [-0.4, -0.2) is 12.8 Å². The molecule has 0 saturated carbocycles. The van der Waals surface area contributed by atoms with Crippen LogP contribution in [0.1, 0.15) is 6.92 Å². The Labute approximate surface area is 139 Å². The third kappa shape index (κ3) is 2.35. The lowest BCUT2D eigenvalue weighted by molar-refractivity contribution is 0.105. The second-order valence-electron chi connectivity index (χ2n) is 5.58. The summed E-state index contributed by atoms with van der Waals surface area (Å²) in [5.74, 6) is 0.515. The van der Waals surface area contributed by atoms with Gasteiger partial charge in [-0.1, -0.05) is 54.6 Å². The Bertz CT molecular complexity index is 1070. The topological polar surface area (TPSA) is 35.5 Å². The van der Waals surface area contributed by atoms with Crippen LogP contribution in [0.3, 0.4) is 0 Å². The van der Waals surface area contributed by atoms with Crippen LogP contribution in [0.5, 0.6) is 5.75 Å². The van der Waals surface area contributed by atoms with E-state index >= 15 is 0 Å². The van der Waals surface area contributed by atoms with E-state index < -0.39 is 6.16 Å². The molecule has 0 spiro atoms. The van der Waals surface area contributed by atoms with Crippen LogP contribution in [-0.2, 0) is 4.74 Å². The Hall–Kier alpha value is -3.07. The first-order valence-corrected chi connectivity index (χ1v) is 7.96. The van der Waals surface area contributed by atoms with Crippen molar-refractivity contribution in [3.05, 3.63) is 66.7 Å². The van der Waals surface area contributed by atoms with Crippen LogP contribution >= 0.6 is 0 Å². The van der Waals surface area contributed by atoms with E-state index in [1.165, 1.54) is 16.2 Å². The third-order valence-electron chi connectivity index (χ3n) is 4.20. The van der Waals surface area contributed by atoms with Gasteiger partial charge in [0, 0.05) is 5.39 Å². The molecule has 0 atom stereocenters. The van der Waals surface area contributed by atoms with Crippen LogP contribution in [0.2, 0.25) is 0 Å². The first kappa shape index (κ1) is 14.5. The molecule has 3 nitrogen and oxygen atoms in total. The smallest absolute Gasteiger partial charge is 0.434 e. The molecule has 0 aromatic heterocycles. The highest BCUT2D eigenvalue weighted by molar-refractivity contribution is 6.18. The summed E-state index contributed by atoms with van der Waals surface area (Å²) >= 11 is 0. The minimum atomic E-state index is -0.677. The fourth-order valence-corrected chi connectivity index (χ4v) is 3.15. The number of hydrogen-bond acceptors (Lipinski definition) is 3. The molecule has 24 heavy (non-hydrogen) atoms. The summed E-state index contributed by atoms with van der Waals surface area (Å²) in [6, 6.07) is 22.4. The molecule has 0 aliphatic rings. The first-order chi connectivity index (χ1) is 11.8. The standard InChI is InChI=1S/C21H16O3/c1-2-23-21(22)24-20-9-5-8-16-18-11-10-14-6-3-4-7-15(14)17(18)12-13-19(16)20/h3-13H,2H2,1H3. The van der Waals surface area contributed by atoms with E-state index in [4.69, 9.17) is 9.47 Å². The van der Waals surface area contributed by atoms with Crippen molar-refractivity contribution in [2.45, 2.75) is 6.92 Å². The molecule has 118 valence electrons. The molecular weight excluding hydrogens is 300 g/mol. The monoisotopic (exact) mass is 316 g/mol. The Balaban J connectivity index is 1.95. The lowest BCUT2D eigenvalue weighted by atomic mass is 9.97. The maximum Gasteiger partial charge on any atom is 0.513 e. The van der Waals surface area contributed by atoms with Crippen molar-refractivity contribution in [1.29, 1.82) is 0 Å². The van der Waals surface area contributed by atoms with E-state index in [1.54, 1.807) is 13.0 Å². The molecular formula is C21H16O3. The van der Waals surface area contributed by atoms with E-state index in [9.17, 15) is 4.79 Å². The first-order valence-electron chi connectivity index (χ1n) is 7.96. The van der Waals surface area contributed by atoms with Gasteiger partial charge in [-0.3, -0.25) is 0 Å². The van der Waals surface area contributed by atoms with Gasteiger partial charge in [-0.15, -0.1) is 0 Å². The normalized spacial score (nSPS) is 11.0. The summed E-state index contributed by atoms with van der Waals surface area (Å²) in [5.41, 5.74) is 0. The zero-order valence-electron chi connectivity index (χ0n) is 13.3. The van der Waals surface area contributed by atoms with Gasteiger partial charge in [0.05, 0.1) is 6.61 Å². The van der Waals surface area contributed by atoms with Gasteiger partial charge < -0.3 is 9.47 Å². The van der Waals surface area contributed by atoms with Crippen molar-refractivity contribution in [3.8, 4) is 5.75 Å². The second-order valence-corrected chi connectivity index (χ2v) is 5.58. The Morgan fingerprint density at radius 2 is 1.42 bits per heavy atom. The highest BCUT2D eigenvalue weighted by Crippen LogP contribution is 2.35. The van der Waals surface area contributed by atoms with Crippen molar-refractivity contribution in [3.63, 3.8) is 0 Å². The minimum absolute atomic E-state index is 0.290. The molecule has 0 radical (unpaired) electrons. The molecule has 0 heterocycles. The molecule has 0 saturated heterocycles. The van der Waals surface area contributed by atoms with Gasteiger partial charge in [0.15, 0.2) is 0 Å². The van der Waals surface area contributed by atoms with E-state index in [0.717, 1.165) is 16.2 Å². The fraction of sp³-hybridized carbons (Fsp3) is 0.0952. The Morgan fingerprint density at radius 3 is 2.29 bits per heavy atom. The van der Waals surface area contributed by atoms with Gasteiger partial charge in [-0.05, 0) is 46.0 Å². The maximum atomic E-state index is 11.7. The van der Waals surface area contributed by atoms with Crippen molar-refractivity contribution < 1.29 is 14.3 Å². The largest absolute Gasteiger partial charge is 0.513 e. The molecule has 0 fully saturated rings. The quantitative estimate of drug-likeness (QED) is 0.271. The maximum absolute atomic E-state index is 11.7. The predicted molar refractivity (Wildman–Crippen MR) is 96.6 cm³/mol. The van der Waals surface area contributed by atoms with Crippen LogP contribution < -0.4 is 4.74 Å². The molecule has 0 amide bonds. The van der Waals surface area contributed by atoms with Gasteiger partial charge in [0.2, 0.25) is 0 Å². The van der Waals surface area contributed by atoms with Gasteiger partial charge in [-0.2, -0.15) is 0 Å². The molecule has 0 aliphatic carbocycles. The number of hydrogen-bond donors (Lipinski definition) is 0. The Morgan fingerprint density at radius 1 is 0.750 bits per heavy atom. The number of fused-ring (bicyclic) bond motifs is 5. The highest BCUT2D eigenvalue weighted by Gasteiger charge is 2.11. The lowest BCUT2D eigenvalue weighted by Crippen LogP contribution is -2.10. The third-order valence-corrected chi connectivity index (χ3v) is 4.20. The van der Waals surface area contributed by atoms with Crippen LogP contribution in [0.15, 0.2) is 66.7 Å². The summed E-state index contributed by atoms with van der Waals surface area (Å²) in [5, 5.41) is 6.71. The van der Waals surface area contributed by atoms with E-state index in [-0.39, 0.29) is 0 Å². The van der Waals surface area contributed by atoms with Gasteiger partial charge in [0.1, 0.15) is 5.75 Å². The van der Waals surface area contributed by atoms with E-state index in [0.29, 0.717) is 12.4 Å². The van der Waals surface area contributed by atoms with Crippen LogP contribution in [0, 0.1) is 0 Å². The molecule has 0 aliphatic heterocycles. The zero-order valence-corrected chi connectivity index (χ0v) is 13.3. The molecule has 4 aromatic carbocycles. The number of rotatable bonds is 2. The molecule has 3 heteroatoms. The average Bonchev–Trinajstić information content (AvgIpc) is 2.61. The lowest BCUT2D eigenvalue weighted by Gasteiger charge is -2.11. The van der Waals surface area contributed by atoms with Crippen molar-refractivity contribution in [2.24, 2.45) is 0 Å². The summed E-state index contributed by atoms with van der Waals surface area (Å²) in [7, 11) is 0. The van der Waals surface area contributed by atoms with Crippen molar-refractivity contribution in [1.82, 2.24) is 0 Å². The average molecular weight is 316 g/mol. The molecule has 0 unspecified atom stereocenters. The molecule has 0 bridgehead atoms. The van der Waals surface area contributed by atoms with Gasteiger partial charge in [-0.25, -0.2) is 4.79 Å². The van der Waals surface area contributed by atoms with E-state index in [2.05, 4.69) is 30.3 Å². The van der Waals surface area contributed by atoms with Gasteiger partial charge >= 0.3 is 6.16 Å². The number of benzene rings is 4. The Kier molecular flexibility index (Phi) is 3.54. The molecule has 4 aromatic rings. The van der Waals surface area contributed by atoms with Crippen LogP contribution in [0.25, 0.3) is 32.3 Å². The summed E-state index contributed by atoms with van der Waals surface area (Å²) in [6.45, 7) is 2.04. The number of carbonyl (C=O) groups is 1. The molecule has 4 rings (SSSR count). The SMILES string of the molecule is CCOC(=O)Oc1cccc2c1ccc1c3ccccc3ccc21. The highest BCUT2D eigenvalue weighted by atomic mass is 16.7. The molecule has 0 N–H and O–H groups in total. The summed E-state index contributed by atoms with van der Waals surface area (Å²) < 4.78 is 10.2. The number of ether oxygens (including phenoxy) is 2. The van der Waals surface area contributed by atoms with Gasteiger partial charge in [0.25, 0.3) is 0 Å². The van der Waals surface area contributed by atoms with Crippen molar-refractivity contribution in [2.75, 3.05) is 6.61 Å². The van der Waals surface area contributed by atoms with E-state index in [1.807, 2.05) is 30.3 Å². The van der Waals surface area contributed by atoms with Crippen LogP contribution in [0.4, 0.5) is 4.79 Å².